The van der Waals surface area contributed by atoms with Crippen LogP contribution in [0.5, 0.6) is 0 Å². The van der Waals surface area contributed by atoms with Crippen LogP contribution in [0.3, 0.4) is 0 Å². The summed E-state index contributed by atoms with van der Waals surface area (Å²) in [4.78, 5) is 10.9. The van der Waals surface area contributed by atoms with Crippen molar-refractivity contribution >= 4 is 5.97 Å². The predicted octanol–water partition coefficient (Wildman–Crippen LogP) is 1.55. The van der Waals surface area contributed by atoms with Gasteiger partial charge in [0.15, 0.2) is 0 Å². The summed E-state index contributed by atoms with van der Waals surface area (Å²) in [6, 6.07) is 0. The maximum atomic E-state index is 10.9. The molecule has 0 bridgehead atoms. The summed E-state index contributed by atoms with van der Waals surface area (Å²) in [5, 5.41) is 9.12. The summed E-state index contributed by atoms with van der Waals surface area (Å²) in [5.41, 5.74) is 0.465. The minimum Gasteiger partial charge on any atom is -0.508 e. The van der Waals surface area contributed by atoms with Crippen molar-refractivity contribution < 1.29 is 14.6 Å². The number of aliphatic hydroxyl groups excluding tert-OH is 1. The topological polar surface area (TPSA) is 46.5 Å². The van der Waals surface area contributed by atoms with Crippen molar-refractivity contribution in [3.63, 3.8) is 0 Å². The van der Waals surface area contributed by atoms with Crippen molar-refractivity contribution in [1.82, 2.24) is 0 Å². The molecule has 0 aliphatic carbocycles. The van der Waals surface area contributed by atoms with E-state index in [-0.39, 0.29) is 18.3 Å². The average Bonchev–Trinajstić information content (AvgIpc) is 2.29. The molecule has 1 aliphatic heterocycles. The number of hydrogen-bond donors (Lipinski definition) is 1. The third-order valence-corrected chi connectivity index (χ3v) is 1.72. The fourth-order valence-electron chi connectivity index (χ4n) is 1.03. The first kappa shape index (κ1) is 8.11. The summed E-state index contributed by atoms with van der Waals surface area (Å²) in [7, 11) is 0. The first-order valence-electron chi connectivity index (χ1n) is 3.83. The van der Waals surface area contributed by atoms with Crippen LogP contribution >= 0.6 is 0 Å². The number of aliphatic hydroxyl groups is 1. The summed E-state index contributed by atoms with van der Waals surface area (Å²) in [6.45, 7) is 2.11. The molecule has 0 atom stereocenters. The Labute approximate surface area is 65.7 Å². The fraction of sp³-hybridized carbons (Fsp3) is 0.625. The Hall–Kier alpha value is -0.990. The molecule has 3 heteroatoms. The second-order valence-corrected chi connectivity index (χ2v) is 2.60. The van der Waals surface area contributed by atoms with Crippen LogP contribution in [0.4, 0.5) is 0 Å². The maximum absolute atomic E-state index is 10.9. The average molecular weight is 156 g/mol. The molecule has 0 saturated carbocycles. The van der Waals surface area contributed by atoms with E-state index in [1.165, 1.54) is 0 Å². The highest BCUT2D eigenvalue weighted by Crippen LogP contribution is 2.18. The van der Waals surface area contributed by atoms with Gasteiger partial charge in [-0.05, 0) is 12.8 Å². The number of hydrogen-bond acceptors (Lipinski definition) is 3. The lowest BCUT2D eigenvalue weighted by Gasteiger charge is -1.95. The zero-order valence-electron chi connectivity index (χ0n) is 6.59. The molecule has 3 nitrogen and oxygen atoms in total. The molecule has 11 heavy (non-hydrogen) atoms. The molecular formula is C8H12O3. The lowest BCUT2D eigenvalue weighted by molar-refractivity contribution is -0.136. The van der Waals surface area contributed by atoms with E-state index in [0.717, 1.165) is 12.8 Å². The predicted molar refractivity (Wildman–Crippen MR) is 40.1 cm³/mol. The molecule has 1 heterocycles. The molecule has 0 aromatic heterocycles. The number of esters is 1. The van der Waals surface area contributed by atoms with Gasteiger partial charge in [-0.2, -0.15) is 0 Å². The Kier molecular flexibility index (Phi) is 2.52. The van der Waals surface area contributed by atoms with Gasteiger partial charge in [0.25, 0.3) is 0 Å². The zero-order chi connectivity index (χ0) is 8.27. The lowest BCUT2D eigenvalue weighted by Crippen LogP contribution is -1.98. The largest absolute Gasteiger partial charge is 0.508 e. The van der Waals surface area contributed by atoms with Crippen molar-refractivity contribution in [2.75, 3.05) is 6.61 Å². The van der Waals surface area contributed by atoms with Crippen LogP contribution in [-0.2, 0) is 9.53 Å². The SMILES string of the molecule is CCCCC1=C(O)COC1=O. The molecule has 1 aliphatic rings. The van der Waals surface area contributed by atoms with Gasteiger partial charge in [-0.3, -0.25) is 0 Å². The molecule has 0 radical (unpaired) electrons. The standard InChI is InChI=1S/C8H12O3/c1-2-3-4-6-7(9)5-11-8(6)10/h9H,2-5H2,1H3. The molecule has 0 spiro atoms. The van der Waals surface area contributed by atoms with E-state index in [1.54, 1.807) is 0 Å². The molecule has 0 aromatic carbocycles. The van der Waals surface area contributed by atoms with E-state index in [1.807, 2.05) is 6.92 Å². The summed E-state index contributed by atoms with van der Waals surface area (Å²) < 4.78 is 4.61. The Morgan fingerprint density at radius 2 is 2.36 bits per heavy atom. The third kappa shape index (κ3) is 1.73. The van der Waals surface area contributed by atoms with Gasteiger partial charge in [0, 0.05) is 0 Å². The van der Waals surface area contributed by atoms with Crippen LogP contribution in [0.1, 0.15) is 26.2 Å². The van der Waals surface area contributed by atoms with Crippen molar-refractivity contribution in [3.8, 4) is 0 Å². The number of carbonyl (C=O) groups is 1. The monoisotopic (exact) mass is 156 g/mol. The highest BCUT2D eigenvalue weighted by Gasteiger charge is 2.23. The van der Waals surface area contributed by atoms with Crippen LogP contribution in [0.25, 0.3) is 0 Å². The first-order chi connectivity index (χ1) is 5.25. The summed E-state index contributed by atoms with van der Waals surface area (Å²) in [6.07, 6.45) is 2.58. The Bertz CT molecular complexity index is 194. The van der Waals surface area contributed by atoms with Gasteiger partial charge in [-0.25, -0.2) is 4.79 Å². The minimum atomic E-state index is -0.351. The van der Waals surface area contributed by atoms with Crippen LogP contribution in [0.15, 0.2) is 11.3 Å². The molecule has 0 unspecified atom stereocenters. The van der Waals surface area contributed by atoms with Crippen molar-refractivity contribution in [2.24, 2.45) is 0 Å². The number of rotatable bonds is 3. The highest BCUT2D eigenvalue weighted by molar-refractivity contribution is 5.91. The lowest BCUT2D eigenvalue weighted by atomic mass is 10.1. The van der Waals surface area contributed by atoms with Crippen LogP contribution < -0.4 is 0 Å². The smallest absolute Gasteiger partial charge is 0.337 e. The highest BCUT2D eigenvalue weighted by atomic mass is 16.5. The van der Waals surface area contributed by atoms with E-state index >= 15 is 0 Å². The van der Waals surface area contributed by atoms with Gasteiger partial charge in [-0.1, -0.05) is 13.3 Å². The van der Waals surface area contributed by atoms with Gasteiger partial charge in [0.1, 0.15) is 12.4 Å². The number of unbranched alkanes of at least 4 members (excludes halogenated alkanes) is 1. The van der Waals surface area contributed by atoms with E-state index in [0.29, 0.717) is 12.0 Å². The number of cyclic esters (lactones) is 1. The minimum absolute atomic E-state index is 0.0673. The van der Waals surface area contributed by atoms with E-state index in [2.05, 4.69) is 4.74 Å². The van der Waals surface area contributed by atoms with Crippen LogP contribution in [-0.4, -0.2) is 17.7 Å². The molecule has 0 amide bonds. The maximum Gasteiger partial charge on any atom is 0.337 e. The van der Waals surface area contributed by atoms with Crippen molar-refractivity contribution in [2.45, 2.75) is 26.2 Å². The normalized spacial score (nSPS) is 17.4. The molecule has 0 saturated heterocycles. The quantitative estimate of drug-likeness (QED) is 0.630. The Morgan fingerprint density at radius 1 is 1.64 bits per heavy atom. The molecule has 1 rings (SSSR count). The second-order valence-electron chi connectivity index (χ2n) is 2.60. The van der Waals surface area contributed by atoms with Gasteiger partial charge in [0.2, 0.25) is 0 Å². The van der Waals surface area contributed by atoms with Gasteiger partial charge < -0.3 is 9.84 Å². The molecular weight excluding hydrogens is 144 g/mol. The van der Waals surface area contributed by atoms with E-state index in [9.17, 15) is 4.79 Å². The van der Waals surface area contributed by atoms with Gasteiger partial charge in [-0.15, -0.1) is 0 Å². The summed E-state index contributed by atoms with van der Waals surface area (Å²) >= 11 is 0. The van der Waals surface area contributed by atoms with E-state index in [4.69, 9.17) is 5.11 Å². The molecule has 62 valence electrons. The Balaban J connectivity index is 2.53. The molecule has 1 N–H and O–H groups in total. The van der Waals surface area contributed by atoms with Crippen LogP contribution in [0.2, 0.25) is 0 Å². The van der Waals surface area contributed by atoms with Crippen molar-refractivity contribution in [1.29, 1.82) is 0 Å². The second kappa shape index (κ2) is 3.42. The number of ether oxygens (including phenoxy) is 1. The van der Waals surface area contributed by atoms with Crippen molar-refractivity contribution in [3.05, 3.63) is 11.3 Å². The number of carbonyl (C=O) groups excluding carboxylic acids is 1. The molecule has 0 fully saturated rings. The van der Waals surface area contributed by atoms with E-state index < -0.39 is 0 Å². The third-order valence-electron chi connectivity index (χ3n) is 1.72. The first-order valence-corrected chi connectivity index (χ1v) is 3.83. The van der Waals surface area contributed by atoms with Gasteiger partial charge >= 0.3 is 5.97 Å². The zero-order valence-corrected chi connectivity index (χ0v) is 6.59. The molecule has 0 aromatic rings. The Morgan fingerprint density at radius 3 is 2.82 bits per heavy atom. The van der Waals surface area contributed by atoms with Gasteiger partial charge in [0.05, 0.1) is 5.57 Å². The van der Waals surface area contributed by atoms with Crippen LogP contribution in [0, 0.1) is 0 Å². The summed E-state index contributed by atoms with van der Waals surface area (Å²) in [5.74, 6) is -0.237. The fourth-order valence-corrected chi connectivity index (χ4v) is 1.03.